The minimum atomic E-state index is -0.732. The molecule has 1 saturated heterocycles. The van der Waals surface area contributed by atoms with Crippen molar-refractivity contribution in [3.8, 4) is 0 Å². The minimum Gasteiger partial charge on any atom is -0.507 e. The van der Waals surface area contributed by atoms with E-state index in [1.807, 2.05) is 48.0 Å². The normalized spacial score (nSPS) is 18.0. The summed E-state index contributed by atoms with van der Waals surface area (Å²) in [6, 6.07) is 16.1. The zero-order valence-corrected chi connectivity index (χ0v) is 17.7. The summed E-state index contributed by atoms with van der Waals surface area (Å²) in [6.45, 7) is 0.315. The van der Waals surface area contributed by atoms with Gasteiger partial charge in [0.1, 0.15) is 11.6 Å². The molecular formula is C25H19FN2O3S. The highest BCUT2D eigenvalue weighted by atomic mass is 32.1. The fourth-order valence-corrected chi connectivity index (χ4v) is 5.04. The van der Waals surface area contributed by atoms with E-state index in [0.29, 0.717) is 18.5 Å². The molecule has 1 unspecified atom stereocenters. The molecule has 0 saturated carbocycles. The Morgan fingerprint density at radius 1 is 1.06 bits per heavy atom. The summed E-state index contributed by atoms with van der Waals surface area (Å²) in [5.74, 6) is -2.12. The van der Waals surface area contributed by atoms with Crippen molar-refractivity contribution in [3.05, 3.63) is 99.6 Å². The van der Waals surface area contributed by atoms with Crippen LogP contribution in [0.25, 0.3) is 16.7 Å². The van der Waals surface area contributed by atoms with Crippen LogP contribution in [0.4, 0.5) is 4.39 Å². The summed E-state index contributed by atoms with van der Waals surface area (Å²) in [5, 5.41) is 13.9. The first-order valence-electron chi connectivity index (χ1n) is 10.2. The van der Waals surface area contributed by atoms with Crippen LogP contribution < -0.4 is 0 Å². The number of carbonyl (C=O) groups is 2. The average molecular weight is 447 g/mol. The molecule has 2 N–H and O–H groups in total. The lowest BCUT2D eigenvalue weighted by molar-refractivity contribution is -0.139. The third kappa shape index (κ3) is 3.40. The maximum atomic E-state index is 13.3. The number of para-hydroxylation sites is 1. The van der Waals surface area contributed by atoms with Crippen molar-refractivity contribution in [1.29, 1.82) is 0 Å². The highest BCUT2D eigenvalue weighted by Gasteiger charge is 2.46. The van der Waals surface area contributed by atoms with Crippen molar-refractivity contribution in [2.75, 3.05) is 6.54 Å². The molecule has 4 aromatic rings. The zero-order chi connectivity index (χ0) is 22.2. The number of Topliss-reactive ketones (excluding diaryl/α,β-unsaturated/α-hetero) is 1. The van der Waals surface area contributed by atoms with Gasteiger partial charge in [0.2, 0.25) is 0 Å². The Morgan fingerprint density at radius 3 is 2.59 bits per heavy atom. The zero-order valence-electron chi connectivity index (χ0n) is 16.9. The number of aromatic amines is 1. The molecule has 3 heterocycles. The number of aliphatic hydroxyl groups excluding tert-OH is 1. The van der Waals surface area contributed by atoms with Gasteiger partial charge in [0, 0.05) is 34.1 Å². The molecule has 2 aromatic carbocycles. The lowest BCUT2D eigenvalue weighted by Gasteiger charge is -2.24. The average Bonchev–Trinajstić information content (AvgIpc) is 3.52. The van der Waals surface area contributed by atoms with E-state index in [1.165, 1.54) is 40.5 Å². The summed E-state index contributed by atoms with van der Waals surface area (Å²) < 4.78 is 13.3. The number of hydrogen-bond acceptors (Lipinski definition) is 4. The number of hydrogen-bond donors (Lipinski definition) is 2. The van der Waals surface area contributed by atoms with Crippen molar-refractivity contribution < 1.29 is 19.1 Å². The Hall–Kier alpha value is -3.71. The molecule has 1 fully saturated rings. The second kappa shape index (κ2) is 8.09. The molecule has 2 aromatic heterocycles. The highest BCUT2D eigenvalue weighted by Crippen LogP contribution is 2.41. The standard InChI is InChI=1S/C25H19FN2O3S/c26-17-9-7-15(8-10-17)23(29)21-22(20-6-3-13-32-20)28(25(31)24(21)30)12-11-16-14-27-19-5-2-1-4-18(16)19/h1-10,13-14,22,27,29H,11-12H2/b23-21-. The smallest absolute Gasteiger partial charge is 0.295 e. The number of halogens is 1. The third-order valence-electron chi connectivity index (χ3n) is 5.77. The first kappa shape index (κ1) is 20.2. The van der Waals surface area contributed by atoms with Gasteiger partial charge in [-0.15, -0.1) is 11.3 Å². The van der Waals surface area contributed by atoms with E-state index < -0.39 is 23.5 Å². The van der Waals surface area contributed by atoms with Crippen molar-refractivity contribution in [2.45, 2.75) is 12.5 Å². The van der Waals surface area contributed by atoms with Gasteiger partial charge in [-0.2, -0.15) is 0 Å². The topological polar surface area (TPSA) is 73.4 Å². The number of carbonyl (C=O) groups excluding carboxylic acids is 2. The molecule has 1 aliphatic rings. The second-order valence-corrected chi connectivity index (χ2v) is 8.60. The lowest BCUT2D eigenvalue weighted by Crippen LogP contribution is -2.31. The predicted octanol–water partition coefficient (Wildman–Crippen LogP) is 5.03. The Bertz CT molecular complexity index is 1340. The number of ketones is 1. The quantitative estimate of drug-likeness (QED) is 0.256. The minimum absolute atomic E-state index is 0.0305. The number of likely N-dealkylation sites (tertiary alicyclic amines) is 1. The molecule has 1 atom stereocenters. The summed E-state index contributed by atoms with van der Waals surface area (Å²) in [5.41, 5.74) is 2.38. The third-order valence-corrected chi connectivity index (χ3v) is 6.69. The van der Waals surface area contributed by atoms with Gasteiger partial charge >= 0.3 is 0 Å². The molecule has 5 nitrogen and oxygen atoms in total. The van der Waals surface area contributed by atoms with Crippen LogP contribution in [-0.2, 0) is 16.0 Å². The van der Waals surface area contributed by atoms with Crippen LogP contribution in [-0.4, -0.2) is 33.2 Å². The van der Waals surface area contributed by atoms with Crippen LogP contribution in [0.1, 0.15) is 22.0 Å². The summed E-state index contributed by atoms with van der Waals surface area (Å²) in [4.78, 5) is 31.5. The van der Waals surface area contributed by atoms with Crippen LogP contribution >= 0.6 is 11.3 Å². The van der Waals surface area contributed by atoms with Gasteiger partial charge in [-0.25, -0.2) is 4.39 Å². The van der Waals surface area contributed by atoms with Gasteiger partial charge in [0.05, 0.1) is 11.6 Å². The number of nitrogens with one attached hydrogen (secondary N) is 1. The fraction of sp³-hybridized carbons (Fsp3) is 0.120. The van der Waals surface area contributed by atoms with Crippen LogP contribution in [0.3, 0.4) is 0 Å². The Morgan fingerprint density at radius 2 is 1.84 bits per heavy atom. The highest BCUT2D eigenvalue weighted by molar-refractivity contribution is 7.10. The number of amides is 1. The fourth-order valence-electron chi connectivity index (χ4n) is 4.20. The molecule has 5 rings (SSSR count). The van der Waals surface area contributed by atoms with Gasteiger partial charge in [0.15, 0.2) is 0 Å². The van der Waals surface area contributed by atoms with Gasteiger partial charge in [-0.05, 0) is 53.8 Å². The Kier molecular flexibility index (Phi) is 5.11. The first-order chi connectivity index (χ1) is 15.5. The van der Waals surface area contributed by atoms with Crippen molar-refractivity contribution >= 4 is 39.7 Å². The number of aliphatic hydroxyl groups is 1. The number of thiophene rings is 1. The SMILES string of the molecule is O=C1C(=O)N(CCc2c[nH]c3ccccc23)C(c2cccs2)/C1=C(/O)c1ccc(F)cc1. The number of H-pyrrole nitrogens is 1. The number of nitrogens with zero attached hydrogens (tertiary/aromatic N) is 1. The molecule has 0 spiro atoms. The molecule has 1 amide bonds. The van der Waals surface area contributed by atoms with Gasteiger partial charge in [0.25, 0.3) is 11.7 Å². The van der Waals surface area contributed by atoms with E-state index in [0.717, 1.165) is 21.3 Å². The Balaban J connectivity index is 1.53. The molecular weight excluding hydrogens is 427 g/mol. The van der Waals surface area contributed by atoms with Gasteiger partial charge < -0.3 is 15.0 Å². The molecule has 7 heteroatoms. The molecule has 0 aliphatic carbocycles. The maximum absolute atomic E-state index is 13.3. The van der Waals surface area contributed by atoms with Crippen molar-refractivity contribution in [2.24, 2.45) is 0 Å². The summed E-state index contributed by atoms with van der Waals surface area (Å²) in [6.07, 6.45) is 2.47. The van der Waals surface area contributed by atoms with E-state index in [-0.39, 0.29) is 11.3 Å². The summed E-state index contributed by atoms with van der Waals surface area (Å²) in [7, 11) is 0. The number of aromatic nitrogens is 1. The molecule has 32 heavy (non-hydrogen) atoms. The molecule has 0 bridgehead atoms. The first-order valence-corrected chi connectivity index (χ1v) is 11.1. The van der Waals surface area contributed by atoms with Crippen molar-refractivity contribution in [1.82, 2.24) is 9.88 Å². The van der Waals surface area contributed by atoms with E-state index in [1.54, 1.807) is 0 Å². The molecule has 1 aliphatic heterocycles. The number of fused-ring (bicyclic) bond motifs is 1. The van der Waals surface area contributed by atoms with Crippen LogP contribution in [0.2, 0.25) is 0 Å². The number of rotatable bonds is 5. The molecule has 160 valence electrons. The maximum Gasteiger partial charge on any atom is 0.295 e. The number of benzene rings is 2. The van der Waals surface area contributed by atoms with Crippen molar-refractivity contribution in [3.63, 3.8) is 0 Å². The van der Waals surface area contributed by atoms with Crippen LogP contribution in [0.5, 0.6) is 0 Å². The summed E-state index contributed by atoms with van der Waals surface area (Å²) >= 11 is 1.42. The van der Waals surface area contributed by atoms with Gasteiger partial charge in [-0.3, -0.25) is 9.59 Å². The van der Waals surface area contributed by atoms with Crippen LogP contribution in [0, 0.1) is 5.82 Å². The largest absolute Gasteiger partial charge is 0.507 e. The molecule has 0 radical (unpaired) electrons. The Labute approximate surface area is 187 Å². The van der Waals surface area contributed by atoms with E-state index in [9.17, 15) is 19.1 Å². The lowest BCUT2D eigenvalue weighted by atomic mass is 9.99. The monoisotopic (exact) mass is 446 g/mol. The predicted molar refractivity (Wildman–Crippen MR) is 122 cm³/mol. The van der Waals surface area contributed by atoms with Crippen LogP contribution in [0.15, 0.2) is 77.8 Å². The van der Waals surface area contributed by atoms with E-state index in [2.05, 4.69) is 4.98 Å². The van der Waals surface area contributed by atoms with E-state index in [4.69, 9.17) is 0 Å². The van der Waals surface area contributed by atoms with Gasteiger partial charge in [-0.1, -0.05) is 24.3 Å². The second-order valence-electron chi connectivity index (χ2n) is 7.62. The van der Waals surface area contributed by atoms with E-state index >= 15 is 0 Å².